The maximum Gasteiger partial charge on any atom is 0.293 e. The molecule has 1 amide bonds. The van der Waals surface area contributed by atoms with Gasteiger partial charge >= 0.3 is 0 Å². The molecule has 26 heavy (non-hydrogen) atoms. The van der Waals surface area contributed by atoms with Crippen molar-refractivity contribution in [3.8, 4) is 11.4 Å². The third-order valence-corrected chi connectivity index (χ3v) is 4.86. The normalized spacial score (nSPS) is 18.7. The fraction of sp³-hybridized carbons (Fsp3) is 0.412. The number of nitrogens with zero attached hydrogens (tertiary/aromatic N) is 6. The van der Waals surface area contributed by atoms with Crippen molar-refractivity contribution >= 4 is 5.91 Å². The number of tetrazole rings is 1. The molecule has 0 bridgehead atoms. The fourth-order valence-corrected chi connectivity index (χ4v) is 3.35. The van der Waals surface area contributed by atoms with Crippen molar-refractivity contribution in [1.29, 1.82) is 0 Å². The second-order valence-corrected chi connectivity index (χ2v) is 6.81. The van der Waals surface area contributed by atoms with E-state index in [0.717, 1.165) is 42.7 Å². The van der Waals surface area contributed by atoms with Gasteiger partial charge in [-0.15, -0.1) is 10.2 Å². The zero-order valence-electron chi connectivity index (χ0n) is 14.2. The smallest absolute Gasteiger partial charge is 0.293 e. The van der Waals surface area contributed by atoms with E-state index >= 15 is 0 Å². The highest BCUT2D eigenvalue weighted by Gasteiger charge is 2.30. The highest BCUT2D eigenvalue weighted by atomic mass is 16.5. The molecule has 132 valence electrons. The Morgan fingerprint density at radius 2 is 2.19 bits per heavy atom. The first kappa shape index (κ1) is 15.2. The number of hydrogen-bond donors (Lipinski definition) is 1. The van der Waals surface area contributed by atoms with Crippen molar-refractivity contribution in [2.75, 3.05) is 0 Å². The average Bonchev–Trinajstić information content (AvgIpc) is 3.06. The molecule has 0 unspecified atom stereocenters. The van der Waals surface area contributed by atoms with E-state index in [2.05, 4.69) is 36.9 Å². The van der Waals surface area contributed by atoms with Crippen molar-refractivity contribution in [3.05, 3.63) is 41.0 Å². The third-order valence-electron chi connectivity index (χ3n) is 4.86. The number of rotatable bonds is 4. The third kappa shape index (κ3) is 2.65. The lowest BCUT2D eigenvalue weighted by molar-refractivity contribution is 0.0926. The molecule has 1 fully saturated rings. The minimum Gasteiger partial charge on any atom is -0.342 e. The summed E-state index contributed by atoms with van der Waals surface area (Å²) < 4.78 is 5.35. The molecule has 3 aromatic rings. The summed E-state index contributed by atoms with van der Waals surface area (Å²) in [5, 5.41) is 18.5. The van der Waals surface area contributed by atoms with Crippen LogP contribution in [0.1, 0.15) is 58.9 Å². The topological polar surface area (TPSA) is 112 Å². The minimum atomic E-state index is -0.313. The Bertz CT molecular complexity index is 989. The Morgan fingerprint density at radius 1 is 1.31 bits per heavy atom. The van der Waals surface area contributed by atoms with Crippen LogP contribution in [0.3, 0.4) is 0 Å². The molecule has 1 atom stereocenters. The van der Waals surface area contributed by atoms with Crippen molar-refractivity contribution in [1.82, 2.24) is 35.7 Å². The lowest BCUT2D eigenvalue weighted by Crippen LogP contribution is -2.28. The summed E-state index contributed by atoms with van der Waals surface area (Å²) in [7, 11) is 1.63. The first-order valence-corrected chi connectivity index (χ1v) is 8.69. The number of carbonyl (C=O) groups is 1. The Hall–Kier alpha value is -3.10. The zero-order valence-corrected chi connectivity index (χ0v) is 14.2. The summed E-state index contributed by atoms with van der Waals surface area (Å²) in [6, 6.07) is 6.04. The van der Waals surface area contributed by atoms with Gasteiger partial charge in [0.1, 0.15) is 0 Å². The van der Waals surface area contributed by atoms with Crippen LogP contribution in [0, 0.1) is 0 Å². The van der Waals surface area contributed by atoms with Gasteiger partial charge < -0.3 is 9.84 Å². The molecule has 1 saturated carbocycles. The molecular weight excluding hydrogens is 334 g/mol. The number of aryl methyl sites for hydroxylation is 2. The molecule has 9 heteroatoms. The van der Waals surface area contributed by atoms with E-state index in [4.69, 9.17) is 4.52 Å². The molecule has 9 nitrogen and oxygen atoms in total. The largest absolute Gasteiger partial charge is 0.342 e. The van der Waals surface area contributed by atoms with Crippen LogP contribution in [0.15, 0.2) is 22.7 Å². The molecule has 1 N–H and O–H groups in total. The summed E-state index contributed by atoms with van der Waals surface area (Å²) >= 11 is 0. The van der Waals surface area contributed by atoms with Gasteiger partial charge in [-0.3, -0.25) is 4.79 Å². The van der Waals surface area contributed by atoms with Crippen LogP contribution in [0.25, 0.3) is 11.4 Å². The predicted molar refractivity (Wildman–Crippen MR) is 89.0 cm³/mol. The van der Waals surface area contributed by atoms with E-state index in [1.54, 1.807) is 7.05 Å². The summed E-state index contributed by atoms with van der Waals surface area (Å²) in [5.41, 5.74) is 3.25. The number of aromatic nitrogens is 6. The molecule has 2 aliphatic carbocycles. The van der Waals surface area contributed by atoms with Crippen LogP contribution < -0.4 is 5.32 Å². The highest BCUT2D eigenvalue weighted by Crippen LogP contribution is 2.40. The summed E-state index contributed by atoms with van der Waals surface area (Å²) in [6.45, 7) is 0. The van der Waals surface area contributed by atoms with E-state index in [9.17, 15) is 4.79 Å². The van der Waals surface area contributed by atoms with Crippen molar-refractivity contribution in [3.63, 3.8) is 0 Å². The first-order valence-electron chi connectivity index (χ1n) is 8.69. The molecule has 5 rings (SSSR count). The molecule has 2 aromatic heterocycles. The first-order chi connectivity index (χ1) is 12.7. The van der Waals surface area contributed by atoms with E-state index in [-0.39, 0.29) is 17.8 Å². The lowest BCUT2D eigenvalue weighted by atomic mass is 10.0. The molecule has 2 heterocycles. The minimum absolute atomic E-state index is 0.0531. The quantitative estimate of drug-likeness (QED) is 0.759. The number of carbonyl (C=O) groups excluding carboxylic acids is 1. The zero-order chi connectivity index (χ0) is 17.7. The second kappa shape index (κ2) is 5.72. The van der Waals surface area contributed by atoms with E-state index in [0.29, 0.717) is 11.7 Å². The van der Waals surface area contributed by atoms with Gasteiger partial charge in [0.05, 0.1) is 13.1 Å². The van der Waals surface area contributed by atoms with Crippen molar-refractivity contribution < 1.29 is 9.32 Å². The maximum absolute atomic E-state index is 12.3. The van der Waals surface area contributed by atoms with E-state index in [1.807, 2.05) is 12.1 Å². The van der Waals surface area contributed by atoms with Gasteiger partial charge in [-0.2, -0.15) is 9.78 Å². The predicted octanol–water partition coefficient (Wildman–Crippen LogP) is 1.55. The highest BCUT2D eigenvalue weighted by molar-refractivity contribution is 5.90. The number of nitrogens with one attached hydrogen (secondary N) is 1. The molecule has 0 radical (unpaired) electrons. The molecule has 0 spiro atoms. The number of hydrogen-bond acceptors (Lipinski definition) is 7. The summed E-state index contributed by atoms with van der Waals surface area (Å²) in [5.74, 6) is 1.58. The van der Waals surface area contributed by atoms with Gasteiger partial charge in [-0.25, -0.2) is 0 Å². The van der Waals surface area contributed by atoms with Crippen molar-refractivity contribution in [2.24, 2.45) is 7.05 Å². The lowest BCUT2D eigenvalue weighted by Gasteiger charge is -2.12. The van der Waals surface area contributed by atoms with Gasteiger partial charge in [-0.1, -0.05) is 17.3 Å². The van der Waals surface area contributed by atoms with Crippen LogP contribution in [0.2, 0.25) is 0 Å². The Balaban J connectivity index is 1.35. The summed E-state index contributed by atoms with van der Waals surface area (Å²) in [6.07, 6.45) is 3.99. The van der Waals surface area contributed by atoms with Gasteiger partial charge in [0.15, 0.2) is 0 Å². The standard InChI is InChI=1S/C17H17N7O2/c1-24-21-15(20-23-24)16(25)18-13-7-5-10-8-11(4-6-12(10)13)14-19-17(26-22-14)9-2-3-9/h4,6,8-9,13H,2-3,5,7H2,1H3,(H,18,25)/t13-/m1/s1. The van der Waals surface area contributed by atoms with Gasteiger partial charge in [-0.05, 0) is 48.1 Å². The SMILES string of the molecule is Cn1nnc(C(=O)N[C@@H]2CCc3cc(-c4noc(C5CC5)n4)ccc32)n1. The monoisotopic (exact) mass is 351 g/mol. The molecule has 1 aromatic carbocycles. The van der Waals surface area contributed by atoms with Gasteiger partial charge in [0.2, 0.25) is 11.7 Å². The summed E-state index contributed by atoms with van der Waals surface area (Å²) in [4.78, 5) is 18.0. The second-order valence-electron chi connectivity index (χ2n) is 6.81. The Labute approximate surface area is 148 Å². The van der Waals surface area contributed by atoms with E-state index in [1.165, 1.54) is 10.4 Å². The van der Waals surface area contributed by atoms with Crippen LogP contribution in [-0.2, 0) is 13.5 Å². The van der Waals surface area contributed by atoms with Crippen LogP contribution in [0.5, 0.6) is 0 Å². The van der Waals surface area contributed by atoms with E-state index < -0.39 is 0 Å². The van der Waals surface area contributed by atoms with Gasteiger partial charge in [0, 0.05) is 11.5 Å². The Morgan fingerprint density at radius 3 is 2.96 bits per heavy atom. The molecule has 0 aliphatic heterocycles. The van der Waals surface area contributed by atoms with Crippen LogP contribution in [-0.4, -0.2) is 36.3 Å². The molecular formula is C17H17N7O2. The van der Waals surface area contributed by atoms with Crippen LogP contribution >= 0.6 is 0 Å². The molecule has 0 saturated heterocycles. The number of amides is 1. The number of fused-ring (bicyclic) bond motifs is 1. The van der Waals surface area contributed by atoms with Crippen molar-refractivity contribution in [2.45, 2.75) is 37.6 Å². The fourth-order valence-electron chi connectivity index (χ4n) is 3.35. The molecule has 2 aliphatic rings. The Kier molecular flexibility index (Phi) is 3.34. The van der Waals surface area contributed by atoms with Crippen LogP contribution in [0.4, 0.5) is 0 Å². The van der Waals surface area contributed by atoms with Gasteiger partial charge in [0.25, 0.3) is 11.7 Å². The number of benzene rings is 1. The average molecular weight is 351 g/mol. The maximum atomic E-state index is 12.3.